The smallest absolute Gasteiger partial charge is 0.267 e. The van der Waals surface area contributed by atoms with Crippen molar-refractivity contribution in [2.45, 2.75) is 45.2 Å². The average Bonchev–Trinajstić information content (AvgIpc) is 2.76. The fraction of sp³-hybridized carbons (Fsp3) is 0.333. The van der Waals surface area contributed by atoms with Gasteiger partial charge in [-0.3, -0.25) is 9.59 Å². The number of aryl methyl sites for hydroxylation is 2. The van der Waals surface area contributed by atoms with Crippen LogP contribution in [0.4, 0.5) is 0 Å². The number of unbranched alkanes of at least 4 members (excludes halogenated alkanes) is 4. The molecule has 0 unspecified atom stereocenters. The Morgan fingerprint density at radius 1 is 0.586 bits per heavy atom. The maximum absolute atomic E-state index is 12.4. The summed E-state index contributed by atoms with van der Waals surface area (Å²) in [6.07, 6.45) is 4.72. The van der Waals surface area contributed by atoms with E-state index in [0.29, 0.717) is 34.9 Å². The summed E-state index contributed by atoms with van der Waals surface area (Å²) in [4.78, 5) is 24.8. The predicted octanol–water partition coefficient (Wildman–Crippen LogP) is 2.55. The highest BCUT2D eigenvalue weighted by Gasteiger charge is 2.06. The number of aromatic nitrogens is 6. The van der Waals surface area contributed by atoms with E-state index in [9.17, 15) is 9.59 Å². The molecule has 0 spiro atoms. The highest BCUT2D eigenvalue weighted by molar-refractivity contribution is 5.77. The summed E-state index contributed by atoms with van der Waals surface area (Å²) in [6, 6.07) is 14.5. The van der Waals surface area contributed by atoms with E-state index in [4.69, 9.17) is 0 Å². The zero-order valence-corrected chi connectivity index (χ0v) is 16.1. The lowest BCUT2D eigenvalue weighted by Gasteiger charge is -2.06. The summed E-state index contributed by atoms with van der Waals surface area (Å²) in [5, 5.41) is 17.4. The second-order valence-electron chi connectivity index (χ2n) is 7.04. The summed E-state index contributed by atoms with van der Waals surface area (Å²) in [6.45, 7) is 1.12. The minimum Gasteiger partial charge on any atom is -0.267 e. The fourth-order valence-corrected chi connectivity index (χ4v) is 3.39. The van der Waals surface area contributed by atoms with Crippen LogP contribution >= 0.6 is 0 Å². The van der Waals surface area contributed by atoms with E-state index >= 15 is 0 Å². The van der Waals surface area contributed by atoms with Crippen molar-refractivity contribution < 1.29 is 0 Å². The van der Waals surface area contributed by atoms with E-state index in [1.165, 1.54) is 9.36 Å². The van der Waals surface area contributed by atoms with Crippen molar-refractivity contribution >= 4 is 21.8 Å². The SMILES string of the molecule is O=c1c2ccccc2nnn1CCCCCCCn1nnc2ccccc2c1=O. The van der Waals surface area contributed by atoms with E-state index in [-0.39, 0.29) is 11.1 Å². The van der Waals surface area contributed by atoms with E-state index in [0.717, 1.165) is 32.1 Å². The fourth-order valence-electron chi connectivity index (χ4n) is 3.39. The van der Waals surface area contributed by atoms with Crippen LogP contribution in [-0.2, 0) is 13.1 Å². The standard InChI is InChI=1S/C21H22N6O2/c28-20-16-10-4-6-12-18(16)22-24-26(20)14-8-2-1-3-9-15-27-21(29)17-11-5-7-13-19(17)23-25-27/h4-7,10-13H,1-3,8-9,14-15H2. The van der Waals surface area contributed by atoms with Gasteiger partial charge >= 0.3 is 0 Å². The van der Waals surface area contributed by atoms with Gasteiger partial charge in [-0.15, -0.1) is 10.2 Å². The lowest BCUT2D eigenvalue weighted by atomic mass is 10.1. The van der Waals surface area contributed by atoms with Crippen molar-refractivity contribution in [1.29, 1.82) is 0 Å². The maximum atomic E-state index is 12.4. The molecule has 4 aromatic rings. The molecule has 0 saturated heterocycles. The van der Waals surface area contributed by atoms with Gasteiger partial charge in [0, 0.05) is 13.1 Å². The molecule has 29 heavy (non-hydrogen) atoms. The van der Waals surface area contributed by atoms with E-state index in [1.807, 2.05) is 24.3 Å². The Balaban J connectivity index is 1.23. The third kappa shape index (κ3) is 4.21. The van der Waals surface area contributed by atoms with Crippen LogP contribution in [0.15, 0.2) is 58.1 Å². The van der Waals surface area contributed by atoms with Gasteiger partial charge < -0.3 is 0 Å². The van der Waals surface area contributed by atoms with Gasteiger partial charge in [-0.2, -0.15) is 0 Å². The number of nitrogens with zero attached hydrogens (tertiary/aromatic N) is 6. The molecule has 0 radical (unpaired) electrons. The van der Waals surface area contributed by atoms with Crippen molar-refractivity contribution in [3.05, 3.63) is 69.2 Å². The van der Waals surface area contributed by atoms with Gasteiger partial charge in [-0.05, 0) is 37.1 Å². The number of hydrogen-bond acceptors (Lipinski definition) is 6. The van der Waals surface area contributed by atoms with Gasteiger partial charge in [-0.25, -0.2) is 9.36 Å². The molecule has 8 nitrogen and oxygen atoms in total. The van der Waals surface area contributed by atoms with Crippen molar-refractivity contribution in [3.63, 3.8) is 0 Å². The summed E-state index contributed by atoms with van der Waals surface area (Å²) in [5.41, 5.74) is 1.07. The molecule has 0 aliphatic heterocycles. The van der Waals surface area contributed by atoms with Crippen LogP contribution < -0.4 is 11.1 Å². The van der Waals surface area contributed by atoms with Crippen molar-refractivity contribution in [1.82, 2.24) is 30.0 Å². The van der Waals surface area contributed by atoms with Gasteiger partial charge in [0.25, 0.3) is 11.1 Å². The van der Waals surface area contributed by atoms with E-state index < -0.39 is 0 Å². The first-order chi connectivity index (χ1) is 14.2. The zero-order chi connectivity index (χ0) is 20.1. The Morgan fingerprint density at radius 3 is 1.48 bits per heavy atom. The average molecular weight is 390 g/mol. The molecule has 8 heteroatoms. The second kappa shape index (κ2) is 8.72. The molecule has 2 heterocycles. The molecule has 4 rings (SSSR count). The Hall–Kier alpha value is -3.42. The Labute approximate surface area is 166 Å². The molecule has 0 aliphatic carbocycles. The molecule has 148 valence electrons. The van der Waals surface area contributed by atoms with Gasteiger partial charge in [0.2, 0.25) is 0 Å². The Morgan fingerprint density at radius 2 is 1.00 bits per heavy atom. The monoisotopic (exact) mass is 390 g/mol. The van der Waals surface area contributed by atoms with E-state index in [2.05, 4.69) is 20.6 Å². The van der Waals surface area contributed by atoms with E-state index in [1.54, 1.807) is 24.3 Å². The zero-order valence-electron chi connectivity index (χ0n) is 16.1. The van der Waals surface area contributed by atoms with Gasteiger partial charge in [0.1, 0.15) is 11.0 Å². The molecule has 0 N–H and O–H groups in total. The third-order valence-electron chi connectivity index (χ3n) is 5.00. The molecule has 0 saturated carbocycles. The minimum atomic E-state index is -0.0927. The van der Waals surface area contributed by atoms with Crippen LogP contribution in [-0.4, -0.2) is 30.0 Å². The summed E-state index contributed by atoms with van der Waals surface area (Å²) in [7, 11) is 0. The first-order valence-electron chi connectivity index (χ1n) is 9.89. The molecular formula is C21H22N6O2. The molecule has 0 bridgehead atoms. The minimum absolute atomic E-state index is 0.0927. The van der Waals surface area contributed by atoms with Crippen molar-refractivity contribution in [2.24, 2.45) is 0 Å². The Bertz CT molecular complexity index is 1150. The first kappa shape index (κ1) is 18.9. The van der Waals surface area contributed by atoms with Gasteiger partial charge in [-0.1, -0.05) is 54.0 Å². The van der Waals surface area contributed by atoms with Gasteiger partial charge in [0.05, 0.1) is 10.8 Å². The highest BCUT2D eigenvalue weighted by atomic mass is 16.1. The lowest BCUT2D eigenvalue weighted by Crippen LogP contribution is -2.24. The van der Waals surface area contributed by atoms with Crippen LogP contribution in [0.1, 0.15) is 32.1 Å². The maximum Gasteiger partial charge on any atom is 0.277 e. The normalized spacial score (nSPS) is 11.3. The topological polar surface area (TPSA) is 95.6 Å². The summed E-state index contributed by atoms with van der Waals surface area (Å²) in [5.74, 6) is 0. The number of fused-ring (bicyclic) bond motifs is 2. The first-order valence-corrected chi connectivity index (χ1v) is 9.89. The van der Waals surface area contributed by atoms with Crippen LogP contribution in [0.25, 0.3) is 21.8 Å². The van der Waals surface area contributed by atoms with Crippen molar-refractivity contribution in [3.8, 4) is 0 Å². The lowest BCUT2D eigenvalue weighted by molar-refractivity contribution is 0.471. The van der Waals surface area contributed by atoms with Crippen molar-refractivity contribution in [2.75, 3.05) is 0 Å². The second-order valence-corrected chi connectivity index (χ2v) is 7.04. The largest absolute Gasteiger partial charge is 0.277 e. The summed E-state index contributed by atoms with van der Waals surface area (Å²) < 4.78 is 2.87. The third-order valence-corrected chi connectivity index (χ3v) is 5.00. The van der Waals surface area contributed by atoms with Crippen LogP contribution in [0.2, 0.25) is 0 Å². The predicted molar refractivity (Wildman–Crippen MR) is 111 cm³/mol. The molecule has 0 aliphatic rings. The van der Waals surface area contributed by atoms with Crippen LogP contribution in [0, 0.1) is 0 Å². The molecule has 2 aromatic carbocycles. The van der Waals surface area contributed by atoms with Gasteiger partial charge in [0.15, 0.2) is 0 Å². The molecule has 2 aromatic heterocycles. The summed E-state index contributed by atoms with van der Waals surface area (Å²) >= 11 is 0. The highest BCUT2D eigenvalue weighted by Crippen LogP contribution is 2.07. The molecular weight excluding hydrogens is 368 g/mol. The number of rotatable bonds is 8. The number of benzene rings is 2. The molecule has 0 amide bonds. The quantitative estimate of drug-likeness (QED) is 0.429. The Kier molecular flexibility index (Phi) is 5.69. The number of hydrogen-bond donors (Lipinski definition) is 0. The van der Waals surface area contributed by atoms with Crippen LogP contribution in [0.5, 0.6) is 0 Å². The molecule has 0 fully saturated rings. The molecule has 0 atom stereocenters. The van der Waals surface area contributed by atoms with Crippen LogP contribution in [0.3, 0.4) is 0 Å².